The van der Waals surface area contributed by atoms with E-state index in [1.807, 2.05) is 72.5 Å². The number of amides is 1. The van der Waals surface area contributed by atoms with Crippen LogP contribution in [-0.2, 0) is 17.8 Å². The summed E-state index contributed by atoms with van der Waals surface area (Å²) >= 11 is 1.74. The molecule has 1 fully saturated rings. The highest BCUT2D eigenvalue weighted by atomic mass is 32.1. The van der Waals surface area contributed by atoms with E-state index in [1.165, 1.54) is 4.88 Å². The predicted octanol–water partition coefficient (Wildman–Crippen LogP) is 5.50. The van der Waals surface area contributed by atoms with Gasteiger partial charge in [0.15, 0.2) is 0 Å². The van der Waals surface area contributed by atoms with Gasteiger partial charge in [-0.2, -0.15) is 0 Å². The van der Waals surface area contributed by atoms with Crippen LogP contribution in [0.25, 0.3) is 16.3 Å². The average molecular weight is 499 g/mol. The molecule has 0 bridgehead atoms. The highest BCUT2D eigenvalue weighted by molar-refractivity contribution is 7.18. The van der Waals surface area contributed by atoms with E-state index in [2.05, 4.69) is 22.9 Å². The van der Waals surface area contributed by atoms with Gasteiger partial charge < -0.3 is 14.5 Å². The number of aryl methyl sites for hydroxylation is 2. The Kier molecular flexibility index (Phi) is 7.28. The van der Waals surface area contributed by atoms with Crippen molar-refractivity contribution in [2.75, 3.05) is 31.1 Å². The van der Waals surface area contributed by atoms with Gasteiger partial charge in [0.1, 0.15) is 28.8 Å². The second kappa shape index (κ2) is 10.9. The third kappa shape index (κ3) is 5.57. The van der Waals surface area contributed by atoms with E-state index >= 15 is 0 Å². The molecule has 0 radical (unpaired) electrons. The lowest BCUT2D eigenvalue weighted by atomic mass is 10.2. The number of anilines is 1. The molecule has 0 saturated carbocycles. The Balaban J connectivity index is 1.16. The molecule has 3 heterocycles. The molecular weight excluding hydrogens is 468 g/mol. The van der Waals surface area contributed by atoms with Crippen LogP contribution in [0, 0.1) is 6.92 Å². The molecule has 7 heteroatoms. The fourth-order valence-corrected chi connectivity index (χ4v) is 5.31. The second-order valence-electron chi connectivity index (χ2n) is 8.87. The zero-order chi connectivity index (χ0) is 24.9. The molecule has 2 aromatic heterocycles. The van der Waals surface area contributed by atoms with Crippen molar-refractivity contribution in [3.63, 3.8) is 0 Å². The first kappa shape index (κ1) is 24.0. The molecule has 0 aliphatic carbocycles. The van der Waals surface area contributed by atoms with Gasteiger partial charge in [-0.3, -0.25) is 4.79 Å². The molecule has 184 valence electrons. The van der Waals surface area contributed by atoms with Gasteiger partial charge >= 0.3 is 0 Å². The van der Waals surface area contributed by atoms with Gasteiger partial charge in [0, 0.05) is 37.1 Å². The lowest BCUT2D eigenvalue weighted by Crippen LogP contribution is -2.48. The molecule has 1 saturated heterocycles. The zero-order valence-corrected chi connectivity index (χ0v) is 21.5. The number of carbonyl (C=O) groups excluding carboxylic acids is 1. The van der Waals surface area contributed by atoms with Crippen LogP contribution in [0.4, 0.5) is 5.82 Å². The van der Waals surface area contributed by atoms with Crippen molar-refractivity contribution < 1.29 is 9.53 Å². The number of nitrogens with zero attached hydrogens (tertiary/aromatic N) is 4. The number of aromatic nitrogens is 2. The number of carbonyl (C=O) groups is 1. The molecule has 4 aromatic rings. The van der Waals surface area contributed by atoms with Crippen LogP contribution >= 0.6 is 11.3 Å². The van der Waals surface area contributed by atoms with Crippen molar-refractivity contribution in [2.45, 2.75) is 26.9 Å². The standard InChI is InChI=1S/C29H30N4O2S/c1-3-25-19-26-28(30-21(2)31-29(26)36-25)33-17-15-32(16-18-33)27(34)14-11-22-9-12-24(13-10-22)35-20-23-7-5-4-6-8-23/h4-14,19H,3,15-18,20H2,1-2H3/b14-11+. The molecule has 5 rings (SSSR count). The summed E-state index contributed by atoms with van der Waals surface area (Å²) in [5, 5.41) is 1.12. The Hall–Kier alpha value is -3.71. The number of rotatable bonds is 7. The number of fused-ring (bicyclic) bond motifs is 1. The van der Waals surface area contributed by atoms with E-state index in [9.17, 15) is 4.79 Å². The number of benzene rings is 2. The molecule has 1 aliphatic heterocycles. The molecule has 1 aliphatic rings. The maximum absolute atomic E-state index is 12.8. The normalized spacial score (nSPS) is 14.1. The first-order valence-corrected chi connectivity index (χ1v) is 13.2. The third-order valence-corrected chi connectivity index (χ3v) is 7.49. The van der Waals surface area contributed by atoms with E-state index in [4.69, 9.17) is 9.72 Å². The number of hydrogen-bond donors (Lipinski definition) is 0. The summed E-state index contributed by atoms with van der Waals surface area (Å²) in [4.78, 5) is 28.8. The Morgan fingerprint density at radius 1 is 1.03 bits per heavy atom. The van der Waals surface area contributed by atoms with E-state index in [0.29, 0.717) is 19.7 Å². The van der Waals surface area contributed by atoms with E-state index in [0.717, 1.165) is 58.2 Å². The summed E-state index contributed by atoms with van der Waals surface area (Å²) in [6.07, 6.45) is 4.52. The van der Waals surface area contributed by atoms with Crippen LogP contribution in [-0.4, -0.2) is 47.0 Å². The number of thiophene rings is 1. The Labute approximate surface area is 215 Å². The molecule has 2 aromatic carbocycles. The molecular formula is C29H30N4O2S. The van der Waals surface area contributed by atoms with Gasteiger partial charge in [0.05, 0.1) is 5.39 Å². The van der Waals surface area contributed by atoms with Crippen LogP contribution in [0.3, 0.4) is 0 Å². The Morgan fingerprint density at radius 3 is 2.50 bits per heavy atom. The monoisotopic (exact) mass is 498 g/mol. The largest absolute Gasteiger partial charge is 0.489 e. The summed E-state index contributed by atoms with van der Waals surface area (Å²) in [6, 6.07) is 20.1. The molecule has 0 spiro atoms. The topological polar surface area (TPSA) is 58.6 Å². The fourth-order valence-electron chi connectivity index (χ4n) is 4.30. The molecule has 1 amide bonds. The summed E-state index contributed by atoms with van der Waals surface area (Å²) in [5.41, 5.74) is 2.10. The highest BCUT2D eigenvalue weighted by Gasteiger charge is 2.23. The van der Waals surface area contributed by atoms with Crippen molar-refractivity contribution in [2.24, 2.45) is 0 Å². The summed E-state index contributed by atoms with van der Waals surface area (Å²) in [6.45, 7) is 7.51. The van der Waals surface area contributed by atoms with Gasteiger partial charge in [-0.15, -0.1) is 11.3 Å². The smallest absolute Gasteiger partial charge is 0.246 e. The lowest BCUT2D eigenvalue weighted by Gasteiger charge is -2.35. The summed E-state index contributed by atoms with van der Waals surface area (Å²) < 4.78 is 5.84. The van der Waals surface area contributed by atoms with Gasteiger partial charge in [0.25, 0.3) is 0 Å². The van der Waals surface area contributed by atoms with Crippen LogP contribution in [0.2, 0.25) is 0 Å². The molecule has 36 heavy (non-hydrogen) atoms. The zero-order valence-electron chi connectivity index (χ0n) is 20.7. The van der Waals surface area contributed by atoms with Crippen LogP contribution in [0.1, 0.15) is 28.8 Å². The lowest BCUT2D eigenvalue weighted by molar-refractivity contribution is -0.126. The molecule has 0 atom stereocenters. The van der Waals surface area contributed by atoms with Gasteiger partial charge in [0.2, 0.25) is 5.91 Å². The Bertz CT molecular complexity index is 1360. The first-order chi connectivity index (χ1) is 17.6. The van der Waals surface area contributed by atoms with Crippen molar-refractivity contribution in [1.82, 2.24) is 14.9 Å². The molecule has 0 unspecified atom stereocenters. The Morgan fingerprint density at radius 2 is 1.78 bits per heavy atom. The predicted molar refractivity (Wildman–Crippen MR) is 147 cm³/mol. The number of hydrogen-bond acceptors (Lipinski definition) is 6. The van der Waals surface area contributed by atoms with Crippen LogP contribution in [0.5, 0.6) is 5.75 Å². The number of ether oxygens (including phenoxy) is 1. The van der Waals surface area contributed by atoms with Gasteiger partial charge in [-0.1, -0.05) is 49.4 Å². The van der Waals surface area contributed by atoms with Crippen molar-refractivity contribution >= 4 is 39.4 Å². The fraction of sp³-hybridized carbons (Fsp3) is 0.276. The minimum Gasteiger partial charge on any atom is -0.489 e. The van der Waals surface area contributed by atoms with Crippen molar-refractivity contribution in [3.8, 4) is 5.75 Å². The van der Waals surface area contributed by atoms with E-state index in [-0.39, 0.29) is 5.91 Å². The quantitative estimate of drug-likeness (QED) is 0.315. The third-order valence-electron chi connectivity index (χ3n) is 6.32. The molecule has 0 N–H and O–H groups in total. The van der Waals surface area contributed by atoms with Crippen LogP contribution in [0.15, 0.2) is 66.7 Å². The van der Waals surface area contributed by atoms with Crippen LogP contribution < -0.4 is 9.64 Å². The maximum atomic E-state index is 12.8. The van der Waals surface area contributed by atoms with E-state index < -0.39 is 0 Å². The van der Waals surface area contributed by atoms with Gasteiger partial charge in [-0.25, -0.2) is 9.97 Å². The number of piperazine rings is 1. The van der Waals surface area contributed by atoms with Gasteiger partial charge in [-0.05, 0) is 48.7 Å². The minimum atomic E-state index is 0.0341. The average Bonchev–Trinajstić information content (AvgIpc) is 3.34. The summed E-state index contributed by atoms with van der Waals surface area (Å²) in [5.74, 6) is 2.63. The first-order valence-electron chi connectivity index (χ1n) is 12.3. The van der Waals surface area contributed by atoms with E-state index in [1.54, 1.807) is 17.4 Å². The second-order valence-corrected chi connectivity index (χ2v) is 9.98. The minimum absolute atomic E-state index is 0.0341. The van der Waals surface area contributed by atoms with Crippen molar-refractivity contribution in [3.05, 3.63) is 88.6 Å². The summed E-state index contributed by atoms with van der Waals surface area (Å²) in [7, 11) is 0. The molecule has 6 nitrogen and oxygen atoms in total. The SMILES string of the molecule is CCc1cc2c(N3CCN(C(=O)/C=C/c4ccc(OCc5ccccc5)cc4)CC3)nc(C)nc2s1. The maximum Gasteiger partial charge on any atom is 0.246 e. The van der Waals surface area contributed by atoms with Crippen molar-refractivity contribution in [1.29, 1.82) is 0 Å². The highest BCUT2D eigenvalue weighted by Crippen LogP contribution is 2.31.